The Morgan fingerprint density at radius 1 is 1.35 bits per heavy atom. The molecule has 1 aliphatic rings. The standard InChI is InChI=1S/C13H18N2O2/c1-9(2)10-3-5-11(6-4-10)14-13(17)15-7-12(16)8-15/h3-6,9,12,16H,7-8H2,1-2H3,(H,14,17). The molecule has 92 valence electrons. The van der Waals surface area contributed by atoms with Crippen LogP contribution in [0, 0.1) is 0 Å². The van der Waals surface area contributed by atoms with E-state index in [-0.39, 0.29) is 12.1 Å². The lowest BCUT2D eigenvalue weighted by Gasteiger charge is -2.35. The third kappa shape index (κ3) is 2.77. The van der Waals surface area contributed by atoms with Gasteiger partial charge in [0.25, 0.3) is 0 Å². The van der Waals surface area contributed by atoms with Crippen LogP contribution in [0.5, 0.6) is 0 Å². The second-order valence-electron chi connectivity index (χ2n) is 4.77. The maximum absolute atomic E-state index is 11.7. The molecule has 1 aliphatic heterocycles. The summed E-state index contributed by atoms with van der Waals surface area (Å²) in [5.74, 6) is 0.491. The Balaban J connectivity index is 1.92. The first kappa shape index (κ1) is 11.9. The van der Waals surface area contributed by atoms with Crippen molar-refractivity contribution in [1.29, 1.82) is 0 Å². The van der Waals surface area contributed by atoms with Crippen LogP contribution in [0.4, 0.5) is 10.5 Å². The molecule has 0 aliphatic carbocycles. The molecule has 4 heteroatoms. The van der Waals surface area contributed by atoms with Gasteiger partial charge in [-0.2, -0.15) is 0 Å². The molecule has 0 atom stereocenters. The van der Waals surface area contributed by atoms with Crippen LogP contribution in [0.1, 0.15) is 25.3 Å². The number of hydrogen-bond donors (Lipinski definition) is 2. The summed E-state index contributed by atoms with van der Waals surface area (Å²) >= 11 is 0. The van der Waals surface area contributed by atoms with Gasteiger partial charge in [0, 0.05) is 5.69 Å². The first-order valence-corrected chi connectivity index (χ1v) is 5.90. The quantitative estimate of drug-likeness (QED) is 0.822. The molecule has 0 aromatic heterocycles. The highest BCUT2D eigenvalue weighted by Gasteiger charge is 2.28. The molecule has 17 heavy (non-hydrogen) atoms. The first-order chi connectivity index (χ1) is 8.06. The van der Waals surface area contributed by atoms with Gasteiger partial charge >= 0.3 is 6.03 Å². The molecule has 2 N–H and O–H groups in total. The maximum Gasteiger partial charge on any atom is 0.322 e. The van der Waals surface area contributed by atoms with Gasteiger partial charge in [-0.3, -0.25) is 0 Å². The van der Waals surface area contributed by atoms with Crippen molar-refractivity contribution in [3.8, 4) is 0 Å². The van der Waals surface area contributed by atoms with Gasteiger partial charge in [-0.1, -0.05) is 26.0 Å². The Morgan fingerprint density at radius 2 is 1.94 bits per heavy atom. The van der Waals surface area contributed by atoms with E-state index >= 15 is 0 Å². The molecule has 1 saturated heterocycles. The lowest BCUT2D eigenvalue weighted by atomic mass is 10.0. The molecule has 0 saturated carbocycles. The number of aliphatic hydroxyl groups is 1. The number of nitrogens with zero attached hydrogens (tertiary/aromatic N) is 1. The van der Waals surface area contributed by atoms with Gasteiger partial charge in [0.05, 0.1) is 19.2 Å². The van der Waals surface area contributed by atoms with Crippen LogP contribution in [0.2, 0.25) is 0 Å². The second kappa shape index (κ2) is 4.75. The number of likely N-dealkylation sites (tertiary alicyclic amines) is 1. The fourth-order valence-electron chi connectivity index (χ4n) is 1.78. The summed E-state index contributed by atoms with van der Waals surface area (Å²) < 4.78 is 0. The van der Waals surface area contributed by atoms with Crippen LogP contribution in [0.25, 0.3) is 0 Å². The summed E-state index contributed by atoms with van der Waals surface area (Å²) in [7, 11) is 0. The lowest BCUT2D eigenvalue weighted by molar-refractivity contribution is 0.0309. The molecule has 1 heterocycles. The zero-order valence-electron chi connectivity index (χ0n) is 10.2. The lowest BCUT2D eigenvalue weighted by Crippen LogP contribution is -2.54. The predicted octanol–water partition coefficient (Wildman–Crippen LogP) is 2.02. The summed E-state index contributed by atoms with van der Waals surface area (Å²) in [6.45, 7) is 5.12. The third-order valence-electron chi connectivity index (χ3n) is 2.98. The monoisotopic (exact) mass is 234 g/mol. The minimum atomic E-state index is -0.357. The molecule has 1 aromatic rings. The topological polar surface area (TPSA) is 52.6 Å². The normalized spacial score (nSPS) is 15.9. The van der Waals surface area contributed by atoms with Gasteiger partial charge in [0.2, 0.25) is 0 Å². The predicted molar refractivity (Wildman–Crippen MR) is 67.1 cm³/mol. The zero-order valence-corrected chi connectivity index (χ0v) is 10.2. The highest BCUT2D eigenvalue weighted by Crippen LogP contribution is 2.18. The number of amides is 2. The fraction of sp³-hybridized carbons (Fsp3) is 0.462. The van der Waals surface area contributed by atoms with Gasteiger partial charge in [0.15, 0.2) is 0 Å². The average Bonchev–Trinajstić information content (AvgIpc) is 2.25. The zero-order chi connectivity index (χ0) is 12.4. The number of benzene rings is 1. The Morgan fingerprint density at radius 3 is 2.41 bits per heavy atom. The smallest absolute Gasteiger partial charge is 0.322 e. The Labute approximate surface area is 101 Å². The molecule has 0 radical (unpaired) electrons. The van der Waals surface area contributed by atoms with Gasteiger partial charge in [-0.05, 0) is 23.6 Å². The largest absolute Gasteiger partial charge is 0.389 e. The number of carbonyl (C=O) groups is 1. The average molecular weight is 234 g/mol. The van der Waals surface area contributed by atoms with Crippen LogP contribution in [0.15, 0.2) is 24.3 Å². The summed E-state index contributed by atoms with van der Waals surface area (Å²) in [6, 6.07) is 7.70. The van der Waals surface area contributed by atoms with E-state index in [2.05, 4.69) is 19.2 Å². The van der Waals surface area contributed by atoms with Gasteiger partial charge < -0.3 is 15.3 Å². The van der Waals surface area contributed by atoms with Crippen molar-refractivity contribution in [1.82, 2.24) is 4.90 Å². The number of urea groups is 1. The Bertz CT molecular complexity index is 394. The fourth-order valence-corrected chi connectivity index (χ4v) is 1.78. The molecule has 0 spiro atoms. The minimum absolute atomic E-state index is 0.146. The van der Waals surface area contributed by atoms with Crippen LogP contribution in [-0.2, 0) is 0 Å². The highest BCUT2D eigenvalue weighted by atomic mass is 16.3. The molecule has 2 amide bonds. The first-order valence-electron chi connectivity index (χ1n) is 5.90. The molecule has 2 rings (SSSR count). The Kier molecular flexibility index (Phi) is 3.33. The number of hydrogen-bond acceptors (Lipinski definition) is 2. The molecule has 1 fully saturated rings. The van der Waals surface area contributed by atoms with E-state index in [1.54, 1.807) is 4.90 Å². The summed E-state index contributed by atoms with van der Waals surface area (Å²) in [5, 5.41) is 11.9. The van der Waals surface area contributed by atoms with Crippen LogP contribution in [-0.4, -0.2) is 35.2 Å². The van der Waals surface area contributed by atoms with E-state index in [9.17, 15) is 4.79 Å². The van der Waals surface area contributed by atoms with Gasteiger partial charge in [0.1, 0.15) is 0 Å². The van der Waals surface area contributed by atoms with E-state index in [1.807, 2.05) is 24.3 Å². The van der Waals surface area contributed by atoms with E-state index in [4.69, 9.17) is 5.11 Å². The Hall–Kier alpha value is -1.55. The van der Waals surface area contributed by atoms with Crippen molar-refractivity contribution >= 4 is 11.7 Å². The van der Waals surface area contributed by atoms with Crippen molar-refractivity contribution in [2.45, 2.75) is 25.9 Å². The molecule has 4 nitrogen and oxygen atoms in total. The van der Waals surface area contributed by atoms with E-state index < -0.39 is 0 Å². The SMILES string of the molecule is CC(C)c1ccc(NC(=O)N2CC(O)C2)cc1. The summed E-state index contributed by atoms with van der Waals surface area (Å²) in [6.07, 6.45) is -0.357. The minimum Gasteiger partial charge on any atom is -0.389 e. The molecule has 0 bridgehead atoms. The van der Waals surface area contributed by atoms with Gasteiger partial charge in [-0.15, -0.1) is 0 Å². The number of carbonyl (C=O) groups excluding carboxylic acids is 1. The number of aliphatic hydroxyl groups excluding tert-OH is 1. The van der Waals surface area contributed by atoms with Crippen molar-refractivity contribution in [2.24, 2.45) is 0 Å². The van der Waals surface area contributed by atoms with Crippen LogP contribution >= 0.6 is 0 Å². The van der Waals surface area contributed by atoms with Crippen molar-refractivity contribution in [3.05, 3.63) is 29.8 Å². The van der Waals surface area contributed by atoms with Crippen LogP contribution in [0.3, 0.4) is 0 Å². The van der Waals surface area contributed by atoms with E-state index in [0.717, 1.165) is 5.69 Å². The van der Waals surface area contributed by atoms with E-state index in [0.29, 0.717) is 19.0 Å². The maximum atomic E-state index is 11.7. The number of β-amino-alcohol motifs (C(OH)–C–C–N with tert-alkyl or cyclic N) is 1. The number of rotatable bonds is 2. The highest BCUT2D eigenvalue weighted by molar-refractivity contribution is 5.89. The summed E-state index contributed by atoms with van der Waals surface area (Å²) in [5.41, 5.74) is 2.04. The molecule has 0 unspecified atom stereocenters. The second-order valence-corrected chi connectivity index (χ2v) is 4.77. The molecule has 1 aromatic carbocycles. The van der Waals surface area contributed by atoms with Crippen molar-refractivity contribution in [2.75, 3.05) is 18.4 Å². The van der Waals surface area contributed by atoms with Gasteiger partial charge in [-0.25, -0.2) is 4.79 Å². The van der Waals surface area contributed by atoms with Crippen molar-refractivity contribution < 1.29 is 9.90 Å². The van der Waals surface area contributed by atoms with E-state index in [1.165, 1.54) is 5.56 Å². The number of anilines is 1. The molecular formula is C13H18N2O2. The third-order valence-corrected chi connectivity index (χ3v) is 2.98. The molecular weight excluding hydrogens is 216 g/mol. The van der Waals surface area contributed by atoms with Crippen LogP contribution < -0.4 is 5.32 Å². The number of nitrogens with one attached hydrogen (secondary N) is 1. The summed E-state index contributed by atoms with van der Waals surface area (Å²) in [4.78, 5) is 13.2. The van der Waals surface area contributed by atoms with Crippen molar-refractivity contribution in [3.63, 3.8) is 0 Å².